The van der Waals surface area contributed by atoms with Crippen molar-refractivity contribution in [2.75, 3.05) is 9.80 Å². The average molecular weight is 705 g/mol. The topological polar surface area (TPSA) is 24.9 Å². The Balaban J connectivity index is 1.36. The maximum absolute atomic E-state index is 14.6. The Morgan fingerprint density at radius 2 is 0.685 bits per heavy atom. The fourth-order valence-electron chi connectivity index (χ4n) is 7.59. The van der Waals surface area contributed by atoms with Crippen LogP contribution in [-0.2, 0) is 0 Å². The van der Waals surface area contributed by atoms with Crippen LogP contribution in [-0.4, -0.2) is 0 Å². The number of anilines is 6. The number of benzene rings is 9. The SMILES string of the molecule is Fc1ccc(N(c2cccc3ccccc23)c2c3c(c(N(c4ccc(F)cc4)c4cccc5ccccc45)c4ccccc24)Oc2ccccc2O3)cc1. The van der Waals surface area contributed by atoms with Crippen molar-refractivity contribution >= 4 is 66.4 Å². The first-order valence-corrected chi connectivity index (χ1v) is 17.7. The van der Waals surface area contributed by atoms with Crippen molar-refractivity contribution in [3.63, 3.8) is 0 Å². The summed E-state index contributed by atoms with van der Waals surface area (Å²) >= 11 is 0. The van der Waals surface area contributed by atoms with Crippen LogP contribution in [0.2, 0.25) is 0 Å². The molecule has 0 aliphatic carbocycles. The highest BCUT2D eigenvalue weighted by molar-refractivity contribution is 6.16. The third-order valence-corrected chi connectivity index (χ3v) is 9.98. The van der Waals surface area contributed by atoms with Crippen molar-refractivity contribution in [2.45, 2.75) is 0 Å². The largest absolute Gasteiger partial charge is 0.447 e. The van der Waals surface area contributed by atoms with Crippen molar-refractivity contribution in [3.8, 4) is 23.0 Å². The zero-order valence-corrected chi connectivity index (χ0v) is 28.8. The number of halogens is 2. The zero-order valence-electron chi connectivity index (χ0n) is 28.8. The Morgan fingerprint density at radius 3 is 1.11 bits per heavy atom. The van der Waals surface area contributed by atoms with E-state index in [9.17, 15) is 8.78 Å². The molecular formula is C48H30F2N2O2. The Bertz CT molecular complexity index is 2670. The Kier molecular flexibility index (Phi) is 7.47. The molecule has 258 valence electrons. The van der Waals surface area contributed by atoms with Crippen LogP contribution in [0, 0.1) is 11.6 Å². The zero-order chi connectivity index (χ0) is 36.2. The number of fused-ring (bicyclic) bond motifs is 5. The maximum atomic E-state index is 14.6. The number of hydrogen-bond donors (Lipinski definition) is 0. The van der Waals surface area contributed by atoms with Gasteiger partial charge in [-0.1, -0.05) is 109 Å². The number of rotatable bonds is 6. The second-order valence-corrected chi connectivity index (χ2v) is 13.2. The summed E-state index contributed by atoms with van der Waals surface area (Å²) in [5, 5.41) is 5.84. The minimum atomic E-state index is -0.336. The highest BCUT2D eigenvalue weighted by Gasteiger charge is 2.35. The molecule has 0 unspecified atom stereocenters. The van der Waals surface area contributed by atoms with Gasteiger partial charge in [0.1, 0.15) is 23.0 Å². The molecule has 0 spiro atoms. The van der Waals surface area contributed by atoms with E-state index in [-0.39, 0.29) is 11.6 Å². The maximum Gasteiger partial charge on any atom is 0.196 e. The smallest absolute Gasteiger partial charge is 0.196 e. The first-order chi connectivity index (χ1) is 26.6. The lowest BCUT2D eigenvalue weighted by Crippen LogP contribution is -2.17. The lowest BCUT2D eigenvalue weighted by molar-refractivity contribution is 0.362. The van der Waals surface area contributed by atoms with Crippen molar-refractivity contribution in [3.05, 3.63) is 194 Å². The van der Waals surface area contributed by atoms with Gasteiger partial charge in [-0.2, -0.15) is 0 Å². The average Bonchev–Trinajstić information content (AvgIpc) is 3.22. The molecule has 9 aromatic rings. The Hall–Kier alpha value is -7.18. The van der Waals surface area contributed by atoms with E-state index in [0.717, 1.165) is 66.4 Å². The van der Waals surface area contributed by atoms with Crippen molar-refractivity contribution in [2.24, 2.45) is 0 Å². The van der Waals surface area contributed by atoms with E-state index in [1.165, 1.54) is 24.3 Å². The van der Waals surface area contributed by atoms with Crippen molar-refractivity contribution < 1.29 is 18.3 Å². The Labute approximate surface area is 310 Å². The normalized spacial score (nSPS) is 11.8. The summed E-state index contributed by atoms with van der Waals surface area (Å²) in [4.78, 5) is 4.26. The summed E-state index contributed by atoms with van der Waals surface area (Å²) in [5.74, 6) is 1.40. The molecule has 0 atom stereocenters. The van der Waals surface area contributed by atoms with Gasteiger partial charge in [-0.05, 0) is 83.6 Å². The first-order valence-electron chi connectivity index (χ1n) is 17.7. The van der Waals surface area contributed by atoms with Crippen LogP contribution in [0.3, 0.4) is 0 Å². The predicted molar refractivity (Wildman–Crippen MR) is 215 cm³/mol. The van der Waals surface area contributed by atoms with E-state index in [4.69, 9.17) is 9.47 Å². The minimum absolute atomic E-state index is 0.336. The second kappa shape index (κ2) is 12.8. The lowest BCUT2D eigenvalue weighted by Gasteiger charge is -2.36. The summed E-state index contributed by atoms with van der Waals surface area (Å²) in [6.07, 6.45) is 0. The minimum Gasteiger partial charge on any atom is -0.447 e. The third kappa shape index (κ3) is 5.19. The molecule has 0 aromatic heterocycles. The molecule has 54 heavy (non-hydrogen) atoms. The highest BCUT2D eigenvalue weighted by atomic mass is 19.1. The second-order valence-electron chi connectivity index (χ2n) is 13.2. The van der Waals surface area contributed by atoms with Crippen LogP contribution in [0.4, 0.5) is 42.9 Å². The van der Waals surface area contributed by atoms with E-state index in [2.05, 4.69) is 70.5 Å². The fourth-order valence-corrected chi connectivity index (χ4v) is 7.59. The molecule has 0 fully saturated rings. The van der Waals surface area contributed by atoms with E-state index >= 15 is 0 Å². The van der Waals surface area contributed by atoms with Gasteiger partial charge in [0, 0.05) is 32.9 Å². The quantitative estimate of drug-likeness (QED) is 0.161. The van der Waals surface area contributed by atoms with Crippen LogP contribution in [0.15, 0.2) is 182 Å². The molecule has 1 aliphatic heterocycles. The summed E-state index contributed by atoms with van der Waals surface area (Å²) < 4.78 is 43.3. The summed E-state index contributed by atoms with van der Waals surface area (Å²) in [5.41, 5.74) is 4.68. The van der Waals surface area contributed by atoms with Gasteiger partial charge in [-0.3, -0.25) is 0 Å². The molecule has 1 heterocycles. The van der Waals surface area contributed by atoms with Gasteiger partial charge in [-0.15, -0.1) is 0 Å². The van der Waals surface area contributed by atoms with Gasteiger partial charge in [-0.25, -0.2) is 8.78 Å². The molecule has 0 radical (unpaired) electrons. The molecule has 0 amide bonds. The summed E-state index contributed by atoms with van der Waals surface area (Å²) in [6.45, 7) is 0. The molecule has 1 aliphatic rings. The van der Waals surface area contributed by atoms with Crippen LogP contribution in [0.25, 0.3) is 32.3 Å². The van der Waals surface area contributed by atoms with E-state index < -0.39 is 0 Å². The van der Waals surface area contributed by atoms with Crippen LogP contribution in [0.1, 0.15) is 0 Å². The molecule has 0 saturated carbocycles. The van der Waals surface area contributed by atoms with Crippen molar-refractivity contribution in [1.29, 1.82) is 0 Å². The van der Waals surface area contributed by atoms with E-state index in [1.807, 2.05) is 72.8 Å². The Morgan fingerprint density at radius 1 is 0.333 bits per heavy atom. The molecule has 0 N–H and O–H groups in total. The number of para-hydroxylation sites is 2. The third-order valence-electron chi connectivity index (χ3n) is 9.98. The van der Waals surface area contributed by atoms with E-state index in [0.29, 0.717) is 23.0 Å². The fraction of sp³-hybridized carbons (Fsp3) is 0. The molecule has 0 bridgehead atoms. The molecular weight excluding hydrogens is 675 g/mol. The lowest BCUT2D eigenvalue weighted by atomic mass is 9.98. The molecule has 6 heteroatoms. The molecule has 10 rings (SSSR count). The molecule has 9 aromatic carbocycles. The van der Waals surface area contributed by atoms with Gasteiger partial charge in [0.15, 0.2) is 23.0 Å². The van der Waals surface area contributed by atoms with Crippen LogP contribution >= 0.6 is 0 Å². The highest BCUT2D eigenvalue weighted by Crippen LogP contribution is 2.62. The first kappa shape index (κ1) is 31.5. The van der Waals surface area contributed by atoms with Gasteiger partial charge in [0.2, 0.25) is 0 Å². The summed E-state index contributed by atoms with van der Waals surface area (Å²) in [6, 6.07) is 57.6. The predicted octanol–water partition coefficient (Wildman–Crippen LogP) is 14.3. The number of nitrogens with zero attached hydrogens (tertiary/aromatic N) is 2. The molecule has 0 saturated heterocycles. The van der Waals surface area contributed by atoms with Crippen LogP contribution < -0.4 is 19.3 Å². The van der Waals surface area contributed by atoms with Gasteiger partial charge in [0.05, 0.1) is 11.4 Å². The van der Waals surface area contributed by atoms with E-state index in [1.54, 1.807) is 24.3 Å². The number of ether oxygens (including phenoxy) is 2. The number of hydrogen-bond acceptors (Lipinski definition) is 4. The van der Waals surface area contributed by atoms with Gasteiger partial charge >= 0.3 is 0 Å². The van der Waals surface area contributed by atoms with Gasteiger partial charge in [0.25, 0.3) is 0 Å². The van der Waals surface area contributed by atoms with Gasteiger partial charge < -0.3 is 19.3 Å². The molecule has 4 nitrogen and oxygen atoms in total. The van der Waals surface area contributed by atoms with Crippen molar-refractivity contribution in [1.82, 2.24) is 0 Å². The summed E-state index contributed by atoms with van der Waals surface area (Å²) in [7, 11) is 0. The van der Waals surface area contributed by atoms with Crippen LogP contribution in [0.5, 0.6) is 23.0 Å². The monoisotopic (exact) mass is 704 g/mol. The standard InChI is InChI=1S/C48H30F2N2O2/c49-33-23-27-35(28-24-33)51(41-19-9-13-31-11-1-3-15-37(31)41)45-39-17-5-6-18-40(39)46(48-47(45)53-43-21-7-8-22-44(43)54-48)52(36-29-25-34(50)26-30-36)42-20-10-14-32-12-2-4-16-38(32)42/h1-30H.